The molecule has 0 amide bonds. The number of hydrogen-bond donors (Lipinski definition) is 0. The molecule has 120 valence electrons. The van der Waals surface area contributed by atoms with Crippen LogP contribution in [0.5, 0.6) is 23.0 Å². The smallest absolute Gasteiger partial charge is 0.150 e. The van der Waals surface area contributed by atoms with Crippen LogP contribution in [-0.2, 0) is 0 Å². The molecule has 0 bridgehead atoms. The Hall–Kier alpha value is -2.49. The fourth-order valence-electron chi connectivity index (χ4n) is 2.05. The van der Waals surface area contributed by atoms with Gasteiger partial charge in [-0.1, -0.05) is 35.3 Å². The van der Waals surface area contributed by atoms with Gasteiger partial charge in [0.25, 0.3) is 0 Å². The summed E-state index contributed by atoms with van der Waals surface area (Å²) in [6.07, 6.45) is 0.777. The lowest BCUT2D eigenvalue weighted by Crippen LogP contribution is -1.88. The second-order valence-corrected chi connectivity index (χ2v) is 5.78. The van der Waals surface area contributed by atoms with Crippen LogP contribution in [0.25, 0.3) is 0 Å². The van der Waals surface area contributed by atoms with Crippen molar-refractivity contribution in [3.63, 3.8) is 0 Å². The quantitative estimate of drug-likeness (QED) is 0.495. The highest BCUT2D eigenvalue weighted by Gasteiger charge is 2.05. The first-order chi connectivity index (χ1) is 11.6. The third-order valence-corrected chi connectivity index (χ3v) is 3.71. The molecule has 0 radical (unpaired) electrons. The average molecular weight is 359 g/mol. The highest BCUT2D eigenvalue weighted by Crippen LogP contribution is 2.32. The first kappa shape index (κ1) is 16.4. The van der Waals surface area contributed by atoms with Crippen LogP contribution in [0, 0.1) is 0 Å². The normalized spacial score (nSPS) is 10.2. The van der Waals surface area contributed by atoms with Crippen LogP contribution in [-0.4, -0.2) is 6.29 Å². The number of carbonyl (C=O) groups is 1. The third kappa shape index (κ3) is 4.07. The standard InChI is InChI=1S/C19H12Cl2O3/c20-14-4-9-19(18(21)11-14)24-16-7-5-15(6-8-16)23-17-3-1-2-13(10-17)12-22/h1-12H. The summed E-state index contributed by atoms with van der Waals surface area (Å²) < 4.78 is 11.4. The monoisotopic (exact) mass is 358 g/mol. The van der Waals surface area contributed by atoms with Gasteiger partial charge in [-0.25, -0.2) is 0 Å². The van der Waals surface area contributed by atoms with Crippen molar-refractivity contribution in [3.8, 4) is 23.0 Å². The fraction of sp³-hybridized carbons (Fsp3) is 0. The van der Waals surface area contributed by atoms with Gasteiger partial charge in [-0.3, -0.25) is 4.79 Å². The van der Waals surface area contributed by atoms with Crippen molar-refractivity contribution in [2.24, 2.45) is 0 Å². The van der Waals surface area contributed by atoms with Crippen molar-refractivity contribution in [1.82, 2.24) is 0 Å². The molecule has 3 nitrogen and oxygen atoms in total. The summed E-state index contributed by atoms with van der Waals surface area (Å²) in [5.41, 5.74) is 0.560. The van der Waals surface area contributed by atoms with E-state index in [0.29, 0.717) is 38.6 Å². The Morgan fingerprint density at radius 3 is 2.12 bits per heavy atom. The summed E-state index contributed by atoms with van der Waals surface area (Å²) in [5.74, 6) is 2.36. The van der Waals surface area contributed by atoms with Gasteiger partial charge in [0.05, 0.1) is 5.02 Å². The van der Waals surface area contributed by atoms with Gasteiger partial charge in [0, 0.05) is 10.6 Å². The maximum atomic E-state index is 10.8. The summed E-state index contributed by atoms with van der Waals surface area (Å²) >= 11 is 11.9. The van der Waals surface area contributed by atoms with E-state index in [-0.39, 0.29) is 0 Å². The summed E-state index contributed by atoms with van der Waals surface area (Å²) in [5, 5.41) is 0.988. The second kappa shape index (κ2) is 7.39. The zero-order valence-corrected chi connectivity index (χ0v) is 13.9. The molecule has 0 saturated heterocycles. The molecule has 0 saturated carbocycles. The Morgan fingerprint density at radius 2 is 1.46 bits per heavy atom. The van der Waals surface area contributed by atoms with E-state index < -0.39 is 0 Å². The predicted octanol–water partition coefficient (Wildman–Crippen LogP) is 6.39. The van der Waals surface area contributed by atoms with Crippen LogP contribution >= 0.6 is 23.2 Å². The van der Waals surface area contributed by atoms with Crippen LogP contribution in [0.2, 0.25) is 10.0 Å². The number of aldehydes is 1. The fourth-order valence-corrected chi connectivity index (χ4v) is 2.50. The lowest BCUT2D eigenvalue weighted by molar-refractivity contribution is 0.112. The molecule has 3 aromatic carbocycles. The van der Waals surface area contributed by atoms with Gasteiger partial charge in [0.1, 0.15) is 29.3 Å². The zero-order valence-electron chi connectivity index (χ0n) is 12.4. The molecule has 24 heavy (non-hydrogen) atoms. The number of ether oxygens (including phenoxy) is 2. The minimum atomic E-state index is 0.438. The zero-order chi connectivity index (χ0) is 16.9. The summed E-state index contributed by atoms with van der Waals surface area (Å²) in [6.45, 7) is 0. The Morgan fingerprint density at radius 1 is 0.750 bits per heavy atom. The lowest BCUT2D eigenvalue weighted by Gasteiger charge is -2.09. The molecule has 0 aliphatic rings. The van der Waals surface area contributed by atoms with E-state index in [4.69, 9.17) is 32.7 Å². The van der Waals surface area contributed by atoms with Gasteiger partial charge >= 0.3 is 0 Å². The molecular weight excluding hydrogens is 347 g/mol. The van der Waals surface area contributed by atoms with Crippen molar-refractivity contribution >= 4 is 29.5 Å². The highest BCUT2D eigenvalue weighted by molar-refractivity contribution is 6.35. The van der Waals surface area contributed by atoms with Crippen LogP contribution in [0.1, 0.15) is 10.4 Å². The van der Waals surface area contributed by atoms with E-state index >= 15 is 0 Å². The SMILES string of the molecule is O=Cc1cccc(Oc2ccc(Oc3ccc(Cl)cc3Cl)cc2)c1. The number of rotatable bonds is 5. The van der Waals surface area contributed by atoms with Crippen molar-refractivity contribution in [3.05, 3.63) is 82.3 Å². The summed E-state index contributed by atoms with van der Waals surface area (Å²) in [6, 6.07) is 19.0. The van der Waals surface area contributed by atoms with E-state index in [2.05, 4.69) is 0 Å². The molecule has 0 heterocycles. The Bertz CT molecular complexity index is 861. The predicted molar refractivity (Wildman–Crippen MR) is 94.9 cm³/mol. The second-order valence-electron chi connectivity index (χ2n) is 4.94. The first-order valence-electron chi connectivity index (χ1n) is 7.10. The van der Waals surface area contributed by atoms with Crippen LogP contribution in [0.3, 0.4) is 0 Å². The molecule has 0 unspecified atom stereocenters. The van der Waals surface area contributed by atoms with Gasteiger partial charge in [-0.05, 0) is 54.6 Å². The highest BCUT2D eigenvalue weighted by atomic mass is 35.5. The topological polar surface area (TPSA) is 35.5 Å². The maximum absolute atomic E-state index is 10.8. The number of halogens is 2. The van der Waals surface area contributed by atoms with E-state index in [1.54, 1.807) is 66.7 Å². The Balaban J connectivity index is 1.72. The van der Waals surface area contributed by atoms with Gasteiger partial charge in [0.2, 0.25) is 0 Å². The van der Waals surface area contributed by atoms with Crippen LogP contribution < -0.4 is 9.47 Å². The van der Waals surface area contributed by atoms with E-state index in [9.17, 15) is 4.79 Å². The van der Waals surface area contributed by atoms with Crippen molar-refractivity contribution in [2.45, 2.75) is 0 Å². The number of benzene rings is 3. The van der Waals surface area contributed by atoms with Gasteiger partial charge in [-0.15, -0.1) is 0 Å². The molecule has 0 aliphatic carbocycles. The van der Waals surface area contributed by atoms with E-state index in [1.165, 1.54) is 0 Å². The minimum Gasteiger partial charge on any atom is -0.457 e. The molecule has 0 aliphatic heterocycles. The molecule has 0 fully saturated rings. The third-order valence-electron chi connectivity index (χ3n) is 3.18. The van der Waals surface area contributed by atoms with Crippen LogP contribution in [0.15, 0.2) is 66.7 Å². The first-order valence-corrected chi connectivity index (χ1v) is 7.86. The van der Waals surface area contributed by atoms with Gasteiger partial charge in [0.15, 0.2) is 0 Å². The lowest BCUT2D eigenvalue weighted by atomic mass is 10.2. The largest absolute Gasteiger partial charge is 0.457 e. The number of carbonyl (C=O) groups excluding carboxylic acids is 1. The Labute approximate surface area is 149 Å². The van der Waals surface area contributed by atoms with Crippen molar-refractivity contribution in [2.75, 3.05) is 0 Å². The van der Waals surface area contributed by atoms with Gasteiger partial charge < -0.3 is 9.47 Å². The molecule has 0 atom stereocenters. The molecule has 0 spiro atoms. The summed E-state index contributed by atoms with van der Waals surface area (Å²) in [4.78, 5) is 10.8. The van der Waals surface area contributed by atoms with Crippen molar-refractivity contribution < 1.29 is 14.3 Å². The molecule has 3 aromatic rings. The number of hydrogen-bond acceptors (Lipinski definition) is 3. The molecular formula is C19H12Cl2O3. The maximum Gasteiger partial charge on any atom is 0.150 e. The summed E-state index contributed by atoms with van der Waals surface area (Å²) in [7, 11) is 0. The van der Waals surface area contributed by atoms with E-state index in [0.717, 1.165) is 6.29 Å². The van der Waals surface area contributed by atoms with Crippen LogP contribution in [0.4, 0.5) is 0 Å². The molecule has 0 N–H and O–H groups in total. The van der Waals surface area contributed by atoms with Gasteiger partial charge in [-0.2, -0.15) is 0 Å². The molecule has 5 heteroatoms. The van der Waals surface area contributed by atoms with Crippen molar-refractivity contribution in [1.29, 1.82) is 0 Å². The molecule has 0 aromatic heterocycles. The minimum absolute atomic E-state index is 0.438. The Kier molecular flexibility index (Phi) is 5.04. The average Bonchev–Trinajstić information content (AvgIpc) is 2.59. The molecule has 3 rings (SSSR count). The van der Waals surface area contributed by atoms with E-state index in [1.807, 2.05) is 0 Å².